The molecule has 25 heavy (non-hydrogen) atoms. The summed E-state index contributed by atoms with van der Waals surface area (Å²) in [5.74, 6) is -0.285. The van der Waals surface area contributed by atoms with Crippen LogP contribution in [0.2, 0.25) is 10.0 Å². The van der Waals surface area contributed by atoms with Gasteiger partial charge in [0.05, 0.1) is 10.7 Å². The van der Waals surface area contributed by atoms with Crippen LogP contribution < -0.4 is 0 Å². The molecule has 0 atom stereocenters. The highest BCUT2D eigenvalue weighted by Gasteiger charge is 2.11. The van der Waals surface area contributed by atoms with Crippen LogP contribution in [0.15, 0.2) is 24.4 Å². The van der Waals surface area contributed by atoms with E-state index in [2.05, 4.69) is 11.9 Å². The number of aliphatic carboxylic acids is 1. The van der Waals surface area contributed by atoms with E-state index < -0.39 is 5.97 Å². The number of rotatable bonds is 7. The van der Waals surface area contributed by atoms with Crippen molar-refractivity contribution in [3.8, 4) is 11.3 Å². The quantitative estimate of drug-likeness (QED) is 0.516. The molecule has 0 unspecified atom stereocenters. The highest BCUT2D eigenvalue weighted by atomic mass is 35.5. The Hall–Kier alpha value is -1.85. The molecule has 0 aliphatic heterocycles. The number of hydrogen-bond donors (Lipinski definition) is 1. The summed E-state index contributed by atoms with van der Waals surface area (Å²) in [5, 5.41) is 9.24. The molecule has 7 heteroatoms. The first kappa shape index (κ1) is 21.2. The minimum absolute atomic E-state index is 0.327. The third-order valence-electron chi connectivity index (χ3n) is 3.45. The number of aryl methyl sites for hydroxylation is 1. The number of nitrogens with zero attached hydrogens (tertiary/aromatic N) is 2. The Balaban J connectivity index is 0.000000333. The van der Waals surface area contributed by atoms with Crippen LogP contribution in [-0.2, 0) is 11.3 Å². The fourth-order valence-corrected chi connectivity index (χ4v) is 2.64. The lowest BCUT2D eigenvalue weighted by Crippen LogP contribution is -1.98. The molecule has 0 aliphatic carbocycles. The number of aromatic nitrogens is 2. The minimum Gasteiger partial charge on any atom is -0.481 e. The van der Waals surface area contributed by atoms with Crippen LogP contribution >= 0.6 is 23.2 Å². The molecule has 0 aliphatic rings. The molecule has 1 aromatic heterocycles. The molecule has 0 fully saturated rings. The van der Waals surface area contributed by atoms with Gasteiger partial charge in [-0.05, 0) is 31.5 Å². The van der Waals surface area contributed by atoms with Gasteiger partial charge in [0.2, 0.25) is 0 Å². The number of carboxylic acid groups (broad SMARTS) is 1. The van der Waals surface area contributed by atoms with Gasteiger partial charge in [0.1, 0.15) is 0 Å². The molecular weight excluding hydrogens is 363 g/mol. The molecule has 1 aromatic carbocycles. The van der Waals surface area contributed by atoms with Gasteiger partial charge in [0, 0.05) is 29.7 Å². The van der Waals surface area contributed by atoms with E-state index in [1.807, 2.05) is 6.92 Å². The van der Waals surface area contributed by atoms with Crippen LogP contribution in [0.1, 0.15) is 50.1 Å². The SMILES string of the molecule is CCCCCC(=O)O.CCn1cc(-c2ccc(Cl)cc2Cl)nc1C=O. The maximum atomic E-state index is 10.8. The fraction of sp³-hybridized carbons (Fsp3) is 0.389. The van der Waals surface area contributed by atoms with Crippen molar-refractivity contribution in [2.75, 3.05) is 0 Å². The smallest absolute Gasteiger partial charge is 0.303 e. The summed E-state index contributed by atoms with van der Waals surface area (Å²) in [5.41, 5.74) is 1.45. The zero-order chi connectivity index (χ0) is 18.8. The number of imidazole rings is 1. The van der Waals surface area contributed by atoms with E-state index in [0.717, 1.165) is 31.1 Å². The Labute approximate surface area is 157 Å². The van der Waals surface area contributed by atoms with E-state index in [0.29, 0.717) is 34.5 Å². The summed E-state index contributed by atoms with van der Waals surface area (Å²) < 4.78 is 1.77. The largest absolute Gasteiger partial charge is 0.481 e. The molecule has 2 aromatic rings. The van der Waals surface area contributed by atoms with E-state index in [-0.39, 0.29) is 0 Å². The van der Waals surface area contributed by atoms with E-state index in [9.17, 15) is 9.59 Å². The lowest BCUT2D eigenvalue weighted by Gasteiger charge is -2.00. The Morgan fingerprint density at radius 1 is 1.28 bits per heavy atom. The highest BCUT2D eigenvalue weighted by Crippen LogP contribution is 2.29. The third kappa shape index (κ3) is 6.88. The Morgan fingerprint density at radius 2 is 2.00 bits per heavy atom. The van der Waals surface area contributed by atoms with Gasteiger partial charge < -0.3 is 9.67 Å². The number of hydrogen-bond acceptors (Lipinski definition) is 3. The molecule has 1 heterocycles. The van der Waals surface area contributed by atoms with Gasteiger partial charge in [0.25, 0.3) is 0 Å². The molecule has 2 rings (SSSR count). The summed E-state index contributed by atoms with van der Waals surface area (Å²) in [6.07, 6.45) is 5.81. The first-order chi connectivity index (χ1) is 11.9. The van der Waals surface area contributed by atoms with Gasteiger partial charge >= 0.3 is 5.97 Å². The van der Waals surface area contributed by atoms with Gasteiger partial charge in [-0.3, -0.25) is 9.59 Å². The minimum atomic E-state index is -0.682. The van der Waals surface area contributed by atoms with E-state index in [1.165, 1.54) is 0 Å². The van der Waals surface area contributed by atoms with Crippen LogP contribution in [0.4, 0.5) is 0 Å². The topological polar surface area (TPSA) is 72.2 Å². The predicted octanol–water partition coefficient (Wildman–Crippen LogP) is 5.34. The number of aldehydes is 1. The number of unbranched alkanes of at least 4 members (excludes halogenated alkanes) is 2. The maximum Gasteiger partial charge on any atom is 0.303 e. The van der Waals surface area contributed by atoms with Gasteiger partial charge in [-0.15, -0.1) is 0 Å². The van der Waals surface area contributed by atoms with Crippen LogP contribution in [-0.4, -0.2) is 26.9 Å². The van der Waals surface area contributed by atoms with Crippen LogP contribution in [0, 0.1) is 0 Å². The second-order valence-corrected chi connectivity index (χ2v) is 6.21. The molecule has 1 N–H and O–H groups in total. The molecule has 0 amide bonds. The zero-order valence-corrected chi connectivity index (χ0v) is 15.8. The number of carboxylic acids is 1. The monoisotopic (exact) mass is 384 g/mol. The highest BCUT2D eigenvalue weighted by molar-refractivity contribution is 6.36. The molecular formula is C18H22Cl2N2O3. The first-order valence-corrected chi connectivity index (χ1v) is 8.88. The summed E-state index contributed by atoms with van der Waals surface area (Å²) >= 11 is 11.9. The molecule has 0 bridgehead atoms. The number of carbonyl (C=O) groups is 2. The summed E-state index contributed by atoms with van der Waals surface area (Å²) in [6.45, 7) is 4.69. The van der Waals surface area contributed by atoms with Gasteiger partial charge in [-0.2, -0.15) is 0 Å². The number of halogens is 2. The van der Waals surface area contributed by atoms with Crippen LogP contribution in [0.5, 0.6) is 0 Å². The van der Waals surface area contributed by atoms with Gasteiger partial charge in [0.15, 0.2) is 12.1 Å². The summed E-state index contributed by atoms with van der Waals surface area (Å²) in [7, 11) is 0. The Bertz CT molecular complexity index is 714. The van der Waals surface area contributed by atoms with Crippen molar-refractivity contribution >= 4 is 35.5 Å². The van der Waals surface area contributed by atoms with E-state index >= 15 is 0 Å². The van der Waals surface area contributed by atoms with Gasteiger partial charge in [-0.1, -0.05) is 43.0 Å². The van der Waals surface area contributed by atoms with Crippen LogP contribution in [0.25, 0.3) is 11.3 Å². The van der Waals surface area contributed by atoms with Crippen molar-refractivity contribution in [2.45, 2.75) is 46.1 Å². The number of benzene rings is 1. The molecule has 0 spiro atoms. The Kier molecular flexibility index (Phi) is 9.24. The molecule has 0 saturated heterocycles. The van der Waals surface area contributed by atoms with E-state index in [4.69, 9.17) is 28.3 Å². The fourth-order valence-electron chi connectivity index (χ4n) is 2.13. The van der Waals surface area contributed by atoms with Crippen molar-refractivity contribution in [1.29, 1.82) is 0 Å². The van der Waals surface area contributed by atoms with Gasteiger partial charge in [-0.25, -0.2) is 4.98 Å². The van der Waals surface area contributed by atoms with Crippen molar-refractivity contribution in [1.82, 2.24) is 9.55 Å². The lowest BCUT2D eigenvalue weighted by atomic mass is 10.2. The lowest BCUT2D eigenvalue weighted by molar-refractivity contribution is -0.137. The predicted molar refractivity (Wildman–Crippen MR) is 101 cm³/mol. The second-order valence-electron chi connectivity index (χ2n) is 5.36. The standard InChI is InChI=1S/C12H10Cl2N2O.C6H12O2/c1-2-16-6-11(15-12(16)7-17)9-4-3-8(13)5-10(9)14;1-2-3-4-5-6(7)8/h3-7H,2H2,1H3;2-5H2,1H3,(H,7,8). The van der Waals surface area contributed by atoms with Crippen LogP contribution in [0.3, 0.4) is 0 Å². The van der Waals surface area contributed by atoms with Crippen molar-refractivity contribution in [3.63, 3.8) is 0 Å². The molecule has 0 saturated carbocycles. The summed E-state index contributed by atoms with van der Waals surface area (Å²) in [4.78, 5) is 24.9. The summed E-state index contributed by atoms with van der Waals surface area (Å²) in [6, 6.07) is 5.19. The van der Waals surface area contributed by atoms with E-state index in [1.54, 1.807) is 29.0 Å². The molecule has 136 valence electrons. The first-order valence-electron chi connectivity index (χ1n) is 8.12. The Morgan fingerprint density at radius 3 is 2.48 bits per heavy atom. The van der Waals surface area contributed by atoms with Crippen molar-refractivity contribution < 1.29 is 14.7 Å². The zero-order valence-electron chi connectivity index (χ0n) is 14.3. The molecule has 5 nitrogen and oxygen atoms in total. The molecule has 0 radical (unpaired) electrons. The maximum absolute atomic E-state index is 10.8. The number of carbonyl (C=O) groups excluding carboxylic acids is 1. The normalized spacial score (nSPS) is 10.1. The average molecular weight is 385 g/mol. The average Bonchev–Trinajstić information content (AvgIpc) is 2.98. The van der Waals surface area contributed by atoms with Crippen molar-refractivity contribution in [3.05, 3.63) is 40.3 Å². The second kappa shape index (κ2) is 10.9. The third-order valence-corrected chi connectivity index (χ3v) is 4.00. The van der Waals surface area contributed by atoms with Crippen molar-refractivity contribution in [2.24, 2.45) is 0 Å².